The van der Waals surface area contributed by atoms with E-state index in [1.54, 1.807) is 0 Å². The van der Waals surface area contributed by atoms with Crippen LogP contribution in [-0.4, -0.2) is 48.3 Å². The summed E-state index contributed by atoms with van der Waals surface area (Å²) in [6.45, 7) is 3.83. The second-order valence-electron chi connectivity index (χ2n) is 3.15. The van der Waals surface area contributed by atoms with Crippen LogP contribution in [0.5, 0.6) is 0 Å². The molecule has 1 heterocycles. The molecule has 1 aliphatic heterocycles. The van der Waals surface area contributed by atoms with Gasteiger partial charge in [0.25, 0.3) is 0 Å². The van der Waals surface area contributed by atoms with E-state index in [1.807, 2.05) is 11.8 Å². The Morgan fingerprint density at radius 2 is 2.27 bits per heavy atom. The van der Waals surface area contributed by atoms with Gasteiger partial charge in [-0.3, -0.25) is 0 Å². The number of thioether (sulfide) groups is 1. The summed E-state index contributed by atoms with van der Waals surface area (Å²) in [5.74, 6) is 1.84. The largest absolute Gasteiger partial charge is 0.396 e. The molecule has 0 atom stereocenters. The van der Waals surface area contributed by atoms with E-state index in [-0.39, 0.29) is 0 Å². The van der Waals surface area contributed by atoms with Crippen LogP contribution in [0.3, 0.4) is 0 Å². The first kappa shape index (κ1) is 9.36. The third-order valence-electron chi connectivity index (χ3n) is 2.11. The molecule has 0 bridgehead atoms. The van der Waals surface area contributed by atoms with Crippen molar-refractivity contribution in [2.24, 2.45) is 5.92 Å². The standard InChI is InChI=1S/C8H17NOS/c1-11-4-2-3-9-5-8(6-9)7-10/h8,10H,2-7H2,1H3. The highest BCUT2D eigenvalue weighted by Gasteiger charge is 2.24. The van der Waals surface area contributed by atoms with E-state index < -0.39 is 0 Å². The van der Waals surface area contributed by atoms with Gasteiger partial charge in [0.1, 0.15) is 0 Å². The zero-order valence-electron chi connectivity index (χ0n) is 7.12. The van der Waals surface area contributed by atoms with Crippen LogP contribution in [0.15, 0.2) is 0 Å². The third kappa shape index (κ3) is 3.01. The maximum Gasteiger partial charge on any atom is 0.0483 e. The molecule has 11 heavy (non-hydrogen) atoms. The van der Waals surface area contributed by atoms with Crippen molar-refractivity contribution in [1.29, 1.82) is 0 Å². The number of hydrogen-bond acceptors (Lipinski definition) is 3. The van der Waals surface area contributed by atoms with Crippen molar-refractivity contribution >= 4 is 11.8 Å². The Bertz CT molecular complexity index is 104. The Morgan fingerprint density at radius 1 is 1.55 bits per heavy atom. The minimum Gasteiger partial charge on any atom is -0.396 e. The Hall–Kier alpha value is 0.270. The lowest BCUT2D eigenvalue weighted by Gasteiger charge is -2.38. The van der Waals surface area contributed by atoms with Crippen LogP contribution in [0.1, 0.15) is 6.42 Å². The highest BCUT2D eigenvalue weighted by Crippen LogP contribution is 2.14. The second kappa shape index (κ2) is 5.01. The number of hydrogen-bond donors (Lipinski definition) is 1. The molecular formula is C8H17NOS. The van der Waals surface area contributed by atoms with E-state index in [0.717, 1.165) is 13.1 Å². The summed E-state index contributed by atoms with van der Waals surface area (Å²) in [5, 5.41) is 8.74. The molecule has 3 heteroatoms. The van der Waals surface area contributed by atoms with E-state index in [9.17, 15) is 0 Å². The molecule has 2 nitrogen and oxygen atoms in total. The van der Waals surface area contributed by atoms with Gasteiger partial charge in [-0.2, -0.15) is 11.8 Å². The Morgan fingerprint density at radius 3 is 2.82 bits per heavy atom. The maximum atomic E-state index is 8.74. The number of likely N-dealkylation sites (tertiary alicyclic amines) is 1. The average Bonchev–Trinajstić information content (AvgIpc) is 1.94. The lowest BCUT2D eigenvalue weighted by atomic mass is 10.0. The topological polar surface area (TPSA) is 23.5 Å². The van der Waals surface area contributed by atoms with E-state index in [4.69, 9.17) is 5.11 Å². The van der Waals surface area contributed by atoms with Gasteiger partial charge in [-0.05, 0) is 25.0 Å². The Balaban J connectivity index is 1.88. The normalized spacial score (nSPS) is 20.2. The highest BCUT2D eigenvalue weighted by atomic mass is 32.2. The molecule has 0 aromatic carbocycles. The SMILES string of the molecule is CSCCCN1CC(CO)C1. The lowest BCUT2D eigenvalue weighted by Crippen LogP contribution is -2.48. The summed E-state index contributed by atoms with van der Waals surface area (Å²) in [7, 11) is 0. The minimum absolute atomic E-state index is 0.374. The summed E-state index contributed by atoms with van der Waals surface area (Å²) in [4.78, 5) is 2.41. The summed E-state index contributed by atoms with van der Waals surface area (Å²) < 4.78 is 0. The van der Waals surface area contributed by atoms with Crippen LogP contribution in [0.2, 0.25) is 0 Å². The van der Waals surface area contributed by atoms with Gasteiger partial charge in [-0.25, -0.2) is 0 Å². The average molecular weight is 175 g/mol. The van der Waals surface area contributed by atoms with Crippen molar-refractivity contribution in [3.63, 3.8) is 0 Å². The molecule has 0 radical (unpaired) electrons. The molecule has 1 aliphatic rings. The molecule has 66 valence electrons. The van der Waals surface area contributed by atoms with Crippen LogP contribution in [0, 0.1) is 5.92 Å². The highest BCUT2D eigenvalue weighted by molar-refractivity contribution is 7.98. The van der Waals surface area contributed by atoms with Crippen molar-refractivity contribution in [2.75, 3.05) is 38.2 Å². The van der Waals surface area contributed by atoms with E-state index in [2.05, 4.69) is 11.2 Å². The van der Waals surface area contributed by atoms with Crippen LogP contribution in [-0.2, 0) is 0 Å². The van der Waals surface area contributed by atoms with Gasteiger partial charge in [0.05, 0.1) is 0 Å². The molecule has 0 saturated carbocycles. The summed E-state index contributed by atoms with van der Waals surface area (Å²) in [6.07, 6.45) is 3.44. The van der Waals surface area contributed by atoms with Gasteiger partial charge in [0, 0.05) is 25.6 Å². The van der Waals surface area contributed by atoms with Gasteiger partial charge in [-0.1, -0.05) is 0 Å². The minimum atomic E-state index is 0.374. The van der Waals surface area contributed by atoms with Gasteiger partial charge in [0.15, 0.2) is 0 Å². The first-order valence-corrected chi connectivity index (χ1v) is 5.58. The number of aliphatic hydroxyl groups excluding tert-OH is 1. The molecule has 1 fully saturated rings. The maximum absolute atomic E-state index is 8.74. The summed E-state index contributed by atoms with van der Waals surface area (Å²) >= 11 is 1.91. The van der Waals surface area contributed by atoms with Crippen molar-refractivity contribution < 1.29 is 5.11 Å². The molecule has 1 saturated heterocycles. The molecule has 0 aliphatic carbocycles. The Labute approximate surface area is 73.0 Å². The number of rotatable bonds is 5. The monoisotopic (exact) mass is 175 g/mol. The van der Waals surface area contributed by atoms with Crippen molar-refractivity contribution in [3.05, 3.63) is 0 Å². The van der Waals surface area contributed by atoms with E-state index in [0.29, 0.717) is 12.5 Å². The smallest absolute Gasteiger partial charge is 0.0483 e. The van der Waals surface area contributed by atoms with Crippen LogP contribution in [0.4, 0.5) is 0 Å². The zero-order chi connectivity index (χ0) is 8.10. The molecule has 0 unspecified atom stereocenters. The second-order valence-corrected chi connectivity index (χ2v) is 4.14. The lowest BCUT2D eigenvalue weighted by molar-refractivity contribution is 0.0545. The van der Waals surface area contributed by atoms with Gasteiger partial charge in [0.2, 0.25) is 0 Å². The summed E-state index contributed by atoms with van der Waals surface area (Å²) in [5.41, 5.74) is 0. The fourth-order valence-corrected chi connectivity index (χ4v) is 1.83. The van der Waals surface area contributed by atoms with Gasteiger partial charge < -0.3 is 10.0 Å². The predicted octanol–water partition coefficient (Wildman–Crippen LogP) is 0.664. The molecule has 1 rings (SSSR count). The summed E-state index contributed by atoms with van der Waals surface area (Å²) in [6, 6.07) is 0. The molecular weight excluding hydrogens is 158 g/mol. The zero-order valence-corrected chi connectivity index (χ0v) is 7.94. The Kier molecular flexibility index (Phi) is 4.26. The fourth-order valence-electron chi connectivity index (χ4n) is 1.41. The molecule has 0 aromatic rings. The molecule has 0 aromatic heterocycles. The fraction of sp³-hybridized carbons (Fsp3) is 1.00. The predicted molar refractivity (Wildman–Crippen MR) is 50.0 cm³/mol. The molecule has 0 spiro atoms. The third-order valence-corrected chi connectivity index (χ3v) is 2.81. The van der Waals surface area contributed by atoms with E-state index in [1.165, 1.54) is 18.7 Å². The van der Waals surface area contributed by atoms with Crippen LogP contribution < -0.4 is 0 Å². The van der Waals surface area contributed by atoms with Crippen LogP contribution >= 0.6 is 11.8 Å². The number of nitrogens with zero attached hydrogens (tertiary/aromatic N) is 1. The first-order valence-electron chi connectivity index (χ1n) is 4.19. The van der Waals surface area contributed by atoms with Crippen LogP contribution in [0.25, 0.3) is 0 Å². The quantitative estimate of drug-likeness (QED) is 0.621. The van der Waals surface area contributed by atoms with Gasteiger partial charge >= 0.3 is 0 Å². The van der Waals surface area contributed by atoms with Crippen molar-refractivity contribution in [3.8, 4) is 0 Å². The molecule has 1 N–H and O–H groups in total. The molecule has 0 amide bonds. The van der Waals surface area contributed by atoms with Crippen molar-refractivity contribution in [1.82, 2.24) is 4.90 Å². The van der Waals surface area contributed by atoms with E-state index >= 15 is 0 Å². The van der Waals surface area contributed by atoms with Gasteiger partial charge in [-0.15, -0.1) is 0 Å². The number of aliphatic hydroxyl groups is 1. The van der Waals surface area contributed by atoms with Crippen molar-refractivity contribution in [2.45, 2.75) is 6.42 Å². The first-order chi connectivity index (χ1) is 5.36.